The number of sulfonamides is 1. The van der Waals surface area contributed by atoms with Crippen LogP contribution in [0.3, 0.4) is 0 Å². The van der Waals surface area contributed by atoms with Crippen LogP contribution in [0.1, 0.15) is 18.1 Å². The maximum Gasteiger partial charge on any atom is 0.243 e. The van der Waals surface area contributed by atoms with Crippen molar-refractivity contribution in [1.82, 2.24) is 5.32 Å². The monoisotopic (exact) mass is 424 g/mol. The molecule has 0 spiro atoms. The second-order valence-electron chi connectivity index (χ2n) is 6.57. The highest BCUT2D eigenvalue weighted by molar-refractivity contribution is 7.92. The molecular weight excluding hydrogens is 404 g/mol. The fraction of sp³-hybridized carbons (Fsp3) is 0.316. The molecule has 0 aromatic heterocycles. The zero-order valence-electron chi connectivity index (χ0n) is 15.7. The van der Waals surface area contributed by atoms with Crippen molar-refractivity contribution in [2.24, 2.45) is 0 Å². The molecule has 1 heterocycles. The van der Waals surface area contributed by atoms with E-state index in [1.165, 1.54) is 6.92 Å². The molecule has 28 heavy (non-hydrogen) atoms. The highest BCUT2D eigenvalue weighted by Crippen LogP contribution is 2.32. The minimum absolute atomic E-state index is 0.171. The third kappa shape index (κ3) is 4.34. The van der Waals surface area contributed by atoms with Crippen LogP contribution in [0.5, 0.6) is 11.5 Å². The first kappa shape index (κ1) is 20.3. The van der Waals surface area contributed by atoms with Gasteiger partial charge in [-0.3, -0.25) is 9.10 Å². The van der Waals surface area contributed by atoms with E-state index < -0.39 is 22.0 Å². The normalized spacial score (nSPS) is 13.9. The minimum Gasteiger partial charge on any atom is -0.454 e. The van der Waals surface area contributed by atoms with Crippen molar-refractivity contribution in [3.05, 3.63) is 52.5 Å². The van der Waals surface area contributed by atoms with E-state index in [4.69, 9.17) is 21.1 Å². The van der Waals surface area contributed by atoms with E-state index in [0.29, 0.717) is 27.8 Å². The van der Waals surface area contributed by atoms with E-state index in [2.05, 4.69) is 5.32 Å². The van der Waals surface area contributed by atoms with Gasteiger partial charge in [-0.15, -0.1) is 0 Å². The molecule has 3 rings (SSSR count). The minimum atomic E-state index is -3.72. The zero-order chi connectivity index (χ0) is 20.5. The number of anilines is 1. The summed E-state index contributed by atoms with van der Waals surface area (Å²) in [5.41, 5.74) is 1.89. The number of rotatable bonds is 6. The number of carbonyl (C=O) groups is 1. The first-order valence-electron chi connectivity index (χ1n) is 8.58. The molecule has 0 bridgehead atoms. The van der Waals surface area contributed by atoms with Crippen LogP contribution in [0.25, 0.3) is 0 Å². The summed E-state index contributed by atoms with van der Waals surface area (Å²) in [6, 6.07) is 9.33. The number of benzene rings is 2. The summed E-state index contributed by atoms with van der Waals surface area (Å²) in [6.07, 6.45) is 1.06. The Balaban J connectivity index is 1.78. The smallest absolute Gasteiger partial charge is 0.243 e. The molecule has 150 valence electrons. The van der Waals surface area contributed by atoms with Crippen molar-refractivity contribution in [2.75, 3.05) is 17.4 Å². The maximum absolute atomic E-state index is 12.7. The van der Waals surface area contributed by atoms with Crippen LogP contribution in [0.15, 0.2) is 36.4 Å². The largest absolute Gasteiger partial charge is 0.454 e. The predicted molar refractivity (Wildman–Crippen MR) is 107 cm³/mol. The summed E-state index contributed by atoms with van der Waals surface area (Å²) in [7, 11) is -3.72. The van der Waals surface area contributed by atoms with Crippen molar-refractivity contribution in [2.45, 2.75) is 26.4 Å². The standard InChI is InChI=1S/C19H21ClN2O5S/c1-12-4-6-15(20)9-16(12)22(28(3,24)25)13(2)19(23)21-10-14-5-7-17-18(8-14)27-11-26-17/h4-9,13H,10-11H2,1-3H3,(H,21,23)/t13-/m1/s1. The summed E-state index contributed by atoms with van der Waals surface area (Å²) in [5.74, 6) is 0.845. The van der Waals surface area contributed by atoms with Crippen LogP contribution in [-0.2, 0) is 21.4 Å². The number of hydrogen-bond acceptors (Lipinski definition) is 5. The molecule has 0 unspecified atom stereocenters. The van der Waals surface area contributed by atoms with Crippen LogP contribution >= 0.6 is 11.6 Å². The molecule has 1 N–H and O–H groups in total. The van der Waals surface area contributed by atoms with Crippen molar-refractivity contribution >= 4 is 33.2 Å². The van der Waals surface area contributed by atoms with Crippen LogP contribution in [0.4, 0.5) is 5.69 Å². The molecule has 1 aliphatic heterocycles. The Morgan fingerprint density at radius 1 is 1.21 bits per heavy atom. The fourth-order valence-corrected chi connectivity index (χ4v) is 4.38. The van der Waals surface area contributed by atoms with Crippen molar-refractivity contribution in [3.63, 3.8) is 0 Å². The number of aryl methyl sites for hydroxylation is 1. The molecule has 1 amide bonds. The summed E-state index contributed by atoms with van der Waals surface area (Å²) >= 11 is 6.04. The average molecular weight is 425 g/mol. The third-order valence-corrected chi connectivity index (χ3v) is 5.86. The molecule has 0 saturated heterocycles. The van der Waals surface area contributed by atoms with Gasteiger partial charge in [-0.2, -0.15) is 0 Å². The van der Waals surface area contributed by atoms with Gasteiger partial charge in [-0.05, 0) is 49.2 Å². The van der Waals surface area contributed by atoms with Crippen molar-refractivity contribution in [3.8, 4) is 11.5 Å². The Morgan fingerprint density at radius 3 is 2.64 bits per heavy atom. The lowest BCUT2D eigenvalue weighted by Crippen LogP contribution is -2.48. The van der Waals surface area contributed by atoms with Gasteiger partial charge in [0.25, 0.3) is 0 Å². The lowest BCUT2D eigenvalue weighted by atomic mass is 10.1. The molecule has 0 radical (unpaired) electrons. The van der Waals surface area contributed by atoms with Crippen molar-refractivity contribution in [1.29, 1.82) is 0 Å². The molecule has 2 aromatic rings. The molecule has 9 heteroatoms. The first-order chi connectivity index (χ1) is 13.2. The van der Waals surface area contributed by atoms with Gasteiger partial charge in [0.2, 0.25) is 22.7 Å². The van der Waals surface area contributed by atoms with Gasteiger partial charge in [0.1, 0.15) is 6.04 Å². The Bertz CT molecular complexity index is 1010. The van der Waals surface area contributed by atoms with E-state index in [1.54, 1.807) is 37.3 Å². The Kier molecular flexibility index (Phi) is 5.71. The van der Waals surface area contributed by atoms with Gasteiger partial charge in [-0.25, -0.2) is 8.42 Å². The Labute approximate surface area is 169 Å². The third-order valence-electron chi connectivity index (χ3n) is 4.40. The Morgan fingerprint density at radius 2 is 1.93 bits per heavy atom. The molecule has 0 saturated carbocycles. The highest BCUT2D eigenvalue weighted by atomic mass is 35.5. The van der Waals surface area contributed by atoms with E-state index in [0.717, 1.165) is 16.1 Å². The van der Waals surface area contributed by atoms with Gasteiger partial charge in [0, 0.05) is 11.6 Å². The van der Waals surface area contributed by atoms with E-state index in [-0.39, 0.29) is 13.3 Å². The number of halogens is 1. The summed E-state index contributed by atoms with van der Waals surface area (Å²) in [6.45, 7) is 3.70. The first-order valence-corrected chi connectivity index (χ1v) is 10.8. The van der Waals surface area contributed by atoms with Crippen LogP contribution in [-0.4, -0.2) is 33.4 Å². The number of nitrogens with one attached hydrogen (secondary N) is 1. The molecule has 1 aliphatic rings. The SMILES string of the molecule is Cc1ccc(Cl)cc1N([C@H](C)C(=O)NCc1ccc2c(c1)OCO2)S(C)(=O)=O. The predicted octanol–water partition coefficient (Wildman–Crippen LogP) is 2.85. The average Bonchev–Trinajstić information content (AvgIpc) is 3.09. The lowest BCUT2D eigenvalue weighted by molar-refractivity contribution is -0.122. The number of hydrogen-bond donors (Lipinski definition) is 1. The van der Waals surface area contributed by atoms with Gasteiger partial charge < -0.3 is 14.8 Å². The van der Waals surface area contributed by atoms with Crippen molar-refractivity contribution < 1.29 is 22.7 Å². The number of ether oxygens (including phenoxy) is 2. The van der Waals surface area contributed by atoms with Gasteiger partial charge >= 0.3 is 0 Å². The summed E-state index contributed by atoms with van der Waals surface area (Å²) in [5, 5.41) is 3.16. The number of nitrogens with zero attached hydrogens (tertiary/aromatic N) is 1. The fourth-order valence-electron chi connectivity index (χ4n) is 2.99. The number of fused-ring (bicyclic) bond motifs is 1. The van der Waals surface area contributed by atoms with Gasteiger partial charge in [0.15, 0.2) is 11.5 Å². The van der Waals surface area contributed by atoms with Crippen LogP contribution < -0.4 is 19.1 Å². The lowest BCUT2D eigenvalue weighted by Gasteiger charge is -2.29. The van der Waals surface area contributed by atoms with E-state index >= 15 is 0 Å². The van der Waals surface area contributed by atoms with Crippen LogP contribution in [0.2, 0.25) is 5.02 Å². The molecule has 0 fully saturated rings. The molecule has 0 aliphatic carbocycles. The van der Waals surface area contributed by atoms with E-state index in [9.17, 15) is 13.2 Å². The topological polar surface area (TPSA) is 84.9 Å². The molecule has 1 atom stereocenters. The second-order valence-corrected chi connectivity index (χ2v) is 8.87. The Hall–Kier alpha value is -2.45. The number of amides is 1. The zero-order valence-corrected chi connectivity index (χ0v) is 17.3. The second kappa shape index (κ2) is 7.89. The highest BCUT2D eigenvalue weighted by Gasteiger charge is 2.30. The quantitative estimate of drug-likeness (QED) is 0.770. The van der Waals surface area contributed by atoms with Gasteiger partial charge in [-0.1, -0.05) is 23.7 Å². The molecule has 2 aromatic carbocycles. The number of carbonyl (C=O) groups excluding carboxylic acids is 1. The van der Waals surface area contributed by atoms with Gasteiger partial charge in [0.05, 0.1) is 11.9 Å². The molecule has 7 nitrogen and oxygen atoms in total. The molecular formula is C19H21ClN2O5S. The van der Waals surface area contributed by atoms with E-state index in [1.807, 2.05) is 6.07 Å². The maximum atomic E-state index is 12.7. The van der Waals surface area contributed by atoms with Crippen LogP contribution in [0, 0.1) is 6.92 Å². The summed E-state index contributed by atoms with van der Waals surface area (Å²) in [4.78, 5) is 12.7. The summed E-state index contributed by atoms with van der Waals surface area (Å²) < 4.78 is 36.5.